The summed E-state index contributed by atoms with van der Waals surface area (Å²) in [5.74, 6) is -0.413. The van der Waals surface area contributed by atoms with Crippen LogP contribution in [0.15, 0.2) is 34.8 Å². The summed E-state index contributed by atoms with van der Waals surface area (Å²) >= 11 is 15.2. The molecule has 4 nitrogen and oxygen atoms in total. The van der Waals surface area contributed by atoms with E-state index < -0.39 is 5.91 Å². The van der Waals surface area contributed by atoms with Gasteiger partial charge in [0.05, 0.1) is 16.4 Å². The van der Waals surface area contributed by atoms with E-state index in [1.807, 2.05) is 37.2 Å². The van der Waals surface area contributed by atoms with Crippen LogP contribution in [0.4, 0.5) is 11.4 Å². The fourth-order valence-electron chi connectivity index (χ4n) is 1.76. The van der Waals surface area contributed by atoms with Gasteiger partial charge in [0.1, 0.15) is 10.8 Å². The number of anilines is 2. The maximum absolute atomic E-state index is 12.3. The van der Waals surface area contributed by atoms with E-state index in [0.29, 0.717) is 5.69 Å². The molecule has 1 N–H and O–H groups in total. The van der Waals surface area contributed by atoms with Crippen LogP contribution in [0, 0.1) is 0 Å². The van der Waals surface area contributed by atoms with Gasteiger partial charge in [-0.2, -0.15) is 0 Å². The standard InChI is InChI=1S/C14H12BrCl2N3O/c1-20(2)11-5-3-8(15)7-10(11)18-14(21)13-9(16)4-6-12(17)19-13/h3-7H,1-2H3,(H,18,21). The molecule has 1 heterocycles. The Kier molecular flexibility index (Phi) is 5.08. The number of rotatable bonds is 3. The molecule has 21 heavy (non-hydrogen) atoms. The first kappa shape index (κ1) is 16.1. The highest BCUT2D eigenvalue weighted by molar-refractivity contribution is 9.10. The van der Waals surface area contributed by atoms with Crippen LogP contribution >= 0.6 is 39.1 Å². The molecule has 1 aromatic heterocycles. The SMILES string of the molecule is CN(C)c1ccc(Br)cc1NC(=O)c1nc(Cl)ccc1Cl. The molecular weight excluding hydrogens is 377 g/mol. The quantitative estimate of drug-likeness (QED) is 0.789. The average Bonchev–Trinajstić information content (AvgIpc) is 2.41. The molecule has 2 rings (SSSR count). The van der Waals surface area contributed by atoms with E-state index in [9.17, 15) is 4.79 Å². The van der Waals surface area contributed by atoms with E-state index in [-0.39, 0.29) is 15.9 Å². The number of amides is 1. The molecule has 0 atom stereocenters. The Bertz CT molecular complexity index is 692. The third-order valence-electron chi connectivity index (χ3n) is 2.72. The normalized spacial score (nSPS) is 10.3. The van der Waals surface area contributed by atoms with E-state index in [1.165, 1.54) is 6.07 Å². The van der Waals surface area contributed by atoms with Crippen LogP contribution in [-0.2, 0) is 0 Å². The number of benzene rings is 1. The third-order valence-corrected chi connectivity index (χ3v) is 3.72. The van der Waals surface area contributed by atoms with Gasteiger partial charge in [-0.05, 0) is 30.3 Å². The molecule has 0 saturated carbocycles. The van der Waals surface area contributed by atoms with Crippen LogP contribution in [0.5, 0.6) is 0 Å². The van der Waals surface area contributed by atoms with Crippen molar-refractivity contribution >= 4 is 56.4 Å². The van der Waals surface area contributed by atoms with Gasteiger partial charge in [0, 0.05) is 18.6 Å². The van der Waals surface area contributed by atoms with Crippen molar-refractivity contribution in [2.75, 3.05) is 24.3 Å². The first-order valence-electron chi connectivity index (χ1n) is 5.99. The molecule has 0 bridgehead atoms. The minimum Gasteiger partial charge on any atom is -0.376 e. The topological polar surface area (TPSA) is 45.2 Å². The second-order valence-corrected chi connectivity index (χ2v) is 6.18. The largest absolute Gasteiger partial charge is 0.376 e. The Morgan fingerprint density at radius 3 is 2.62 bits per heavy atom. The predicted molar refractivity (Wildman–Crippen MR) is 90.7 cm³/mol. The first-order chi connectivity index (χ1) is 9.88. The van der Waals surface area contributed by atoms with Gasteiger partial charge in [-0.15, -0.1) is 0 Å². The average molecular weight is 389 g/mol. The Morgan fingerprint density at radius 2 is 1.95 bits per heavy atom. The summed E-state index contributed by atoms with van der Waals surface area (Å²) in [6.45, 7) is 0. The molecule has 0 spiro atoms. The number of nitrogens with zero attached hydrogens (tertiary/aromatic N) is 2. The lowest BCUT2D eigenvalue weighted by atomic mass is 10.2. The minimum atomic E-state index is -0.413. The second kappa shape index (κ2) is 6.64. The number of hydrogen-bond donors (Lipinski definition) is 1. The molecule has 1 amide bonds. The van der Waals surface area contributed by atoms with E-state index in [4.69, 9.17) is 23.2 Å². The lowest BCUT2D eigenvalue weighted by molar-refractivity contribution is 0.102. The van der Waals surface area contributed by atoms with Crippen LogP contribution in [0.1, 0.15) is 10.5 Å². The maximum atomic E-state index is 12.3. The first-order valence-corrected chi connectivity index (χ1v) is 7.53. The minimum absolute atomic E-state index is 0.0915. The molecule has 0 aliphatic carbocycles. The van der Waals surface area contributed by atoms with Crippen LogP contribution in [0.2, 0.25) is 10.2 Å². The lowest BCUT2D eigenvalue weighted by Gasteiger charge is -2.18. The van der Waals surface area contributed by atoms with Gasteiger partial charge in [-0.1, -0.05) is 39.1 Å². The monoisotopic (exact) mass is 387 g/mol. The number of nitrogens with one attached hydrogen (secondary N) is 1. The van der Waals surface area contributed by atoms with Crippen molar-refractivity contribution < 1.29 is 4.79 Å². The highest BCUT2D eigenvalue weighted by Crippen LogP contribution is 2.29. The Morgan fingerprint density at radius 1 is 1.24 bits per heavy atom. The van der Waals surface area contributed by atoms with Crippen LogP contribution in [-0.4, -0.2) is 25.0 Å². The number of carbonyl (C=O) groups excluding carboxylic acids is 1. The Hall–Kier alpha value is -1.30. The van der Waals surface area contributed by atoms with Crippen molar-refractivity contribution in [3.05, 3.63) is 50.7 Å². The maximum Gasteiger partial charge on any atom is 0.275 e. The van der Waals surface area contributed by atoms with Gasteiger partial charge in [-0.25, -0.2) is 4.98 Å². The molecular formula is C14H12BrCl2N3O. The number of pyridine rings is 1. The fraction of sp³-hybridized carbons (Fsp3) is 0.143. The third kappa shape index (κ3) is 3.87. The summed E-state index contributed by atoms with van der Waals surface area (Å²) in [6, 6.07) is 8.68. The molecule has 0 aliphatic rings. The van der Waals surface area contributed by atoms with Gasteiger partial charge in [0.15, 0.2) is 0 Å². The number of aromatic nitrogens is 1. The van der Waals surface area contributed by atoms with E-state index in [2.05, 4.69) is 26.2 Å². The fourth-order valence-corrected chi connectivity index (χ4v) is 2.46. The van der Waals surface area contributed by atoms with Gasteiger partial charge in [0.25, 0.3) is 5.91 Å². The van der Waals surface area contributed by atoms with Crippen molar-refractivity contribution in [1.29, 1.82) is 0 Å². The molecule has 110 valence electrons. The zero-order valence-electron chi connectivity index (χ0n) is 11.3. The smallest absolute Gasteiger partial charge is 0.275 e. The van der Waals surface area contributed by atoms with Crippen molar-refractivity contribution in [1.82, 2.24) is 4.98 Å². The highest BCUT2D eigenvalue weighted by Gasteiger charge is 2.15. The molecule has 1 aromatic carbocycles. The molecule has 7 heteroatoms. The van der Waals surface area contributed by atoms with E-state index in [0.717, 1.165) is 10.2 Å². The summed E-state index contributed by atoms with van der Waals surface area (Å²) in [6.07, 6.45) is 0. The summed E-state index contributed by atoms with van der Waals surface area (Å²) in [4.78, 5) is 18.2. The summed E-state index contributed by atoms with van der Waals surface area (Å²) in [5.41, 5.74) is 1.61. The van der Waals surface area contributed by atoms with Gasteiger partial charge < -0.3 is 10.2 Å². The van der Waals surface area contributed by atoms with Gasteiger partial charge in [0.2, 0.25) is 0 Å². The van der Waals surface area contributed by atoms with Crippen LogP contribution in [0.25, 0.3) is 0 Å². The van der Waals surface area contributed by atoms with Crippen molar-refractivity contribution in [2.45, 2.75) is 0 Å². The predicted octanol–water partition coefficient (Wildman–Crippen LogP) is 4.47. The van der Waals surface area contributed by atoms with Gasteiger partial charge >= 0.3 is 0 Å². The van der Waals surface area contributed by atoms with E-state index in [1.54, 1.807) is 6.07 Å². The summed E-state index contributed by atoms with van der Waals surface area (Å²) < 4.78 is 0.855. The number of halogens is 3. The van der Waals surface area contributed by atoms with Crippen molar-refractivity contribution in [2.24, 2.45) is 0 Å². The molecule has 0 radical (unpaired) electrons. The van der Waals surface area contributed by atoms with E-state index >= 15 is 0 Å². The molecule has 2 aromatic rings. The Labute approximate surface area is 141 Å². The number of carbonyl (C=O) groups is 1. The number of hydrogen-bond acceptors (Lipinski definition) is 3. The molecule has 0 aliphatic heterocycles. The van der Waals surface area contributed by atoms with Gasteiger partial charge in [-0.3, -0.25) is 4.79 Å². The Balaban J connectivity index is 2.35. The zero-order valence-corrected chi connectivity index (χ0v) is 14.4. The zero-order chi connectivity index (χ0) is 15.6. The summed E-state index contributed by atoms with van der Waals surface area (Å²) in [7, 11) is 3.78. The summed E-state index contributed by atoms with van der Waals surface area (Å²) in [5, 5.41) is 3.26. The van der Waals surface area contributed by atoms with Crippen LogP contribution < -0.4 is 10.2 Å². The van der Waals surface area contributed by atoms with Crippen LogP contribution in [0.3, 0.4) is 0 Å². The molecule has 0 saturated heterocycles. The van der Waals surface area contributed by atoms with Crippen molar-refractivity contribution in [3.8, 4) is 0 Å². The lowest BCUT2D eigenvalue weighted by Crippen LogP contribution is -2.18. The highest BCUT2D eigenvalue weighted by atomic mass is 79.9. The molecule has 0 unspecified atom stereocenters. The molecule has 0 fully saturated rings. The van der Waals surface area contributed by atoms with Crippen molar-refractivity contribution in [3.63, 3.8) is 0 Å². The second-order valence-electron chi connectivity index (χ2n) is 4.47.